The van der Waals surface area contributed by atoms with Crippen molar-refractivity contribution in [2.75, 3.05) is 6.54 Å². The molecule has 1 saturated carbocycles. The lowest BCUT2D eigenvalue weighted by molar-refractivity contribution is -0.124. The maximum Gasteiger partial charge on any atom is 0.223 e. The van der Waals surface area contributed by atoms with Crippen molar-refractivity contribution in [2.45, 2.75) is 25.4 Å². The van der Waals surface area contributed by atoms with Crippen molar-refractivity contribution in [3.8, 4) is 12.3 Å². The Labute approximate surface area is 71.5 Å². The van der Waals surface area contributed by atoms with E-state index in [1.807, 2.05) is 0 Å². The highest BCUT2D eigenvalue weighted by molar-refractivity contribution is 5.79. The molecule has 2 atom stereocenters. The Morgan fingerprint density at radius 1 is 1.67 bits per heavy atom. The standard InChI is InChI=1S/C9H12FNO/c1-2-5-11-9(12)7-3-4-8(10)6-7/h1,7-8H,3-6H2,(H,11,12). The van der Waals surface area contributed by atoms with Crippen molar-refractivity contribution in [1.82, 2.24) is 5.32 Å². The van der Waals surface area contributed by atoms with Gasteiger partial charge >= 0.3 is 0 Å². The van der Waals surface area contributed by atoms with Gasteiger partial charge < -0.3 is 5.32 Å². The minimum atomic E-state index is -0.799. The van der Waals surface area contributed by atoms with Crippen molar-refractivity contribution in [1.29, 1.82) is 0 Å². The van der Waals surface area contributed by atoms with Gasteiger partial charge in [-0.2, -0.15) is 0 Å². The van der Waals surface area contributed by atoms with Gasteiger partial charge in [0.15, 0.2) is 0 Å². The third-order valence-electron chi connectivity index (χ3n) is 2.10. The van der Waals surface area contributed by atoms with Gasteiger partial charge in [0.05, 0.1) is 6.54 Å². The number of rotatable bonds is 2. The predicted molar refractivity (Wildman–Crippen MR) is 44.1 cm³/mol. The van der Waals surface area contributed by atoms with E-state index < -0.39 is 6.17 Å². The fraction of sp³-hybridized carbons (Fsp3) is 0.667. The molecule has 12 heavy (non-hydrogen) atoms. The Hall–Kier alpha value is -1.04. The third-order valence-corrected chi connectivity index (χ3v) is 2.10. The van der Waals surface area contributed by atoms with E-state index in [2.05, 4.69) is 11.2 Å². The van der Waals surface area contributed by atoms with Gasteiger partial charge in [0.25, 0.3) is 0 Å². The molecule has 0 aliphatic heterocycles. The number of halogens is 1. The summed E-state index contributed by atoms with van der Waals surface area (Å²) in [4.78, 5) is 11.2. The highest BCUT2D eigenvalue weighted by atomic mass is 19.1. The molecule has 0 aromatic heterocycles. The van der Waals surface area contributed by atoms with E-state index in [0.717, 1.165) is 0 Å². The zero-order valence-electron chi connectivity index (χ0n) is 6.85. The molecule has 0 spiro atoms. The molecule has 1 fully saturated rings. The molecule has 2 unspecified atom stereocenters. The van der Waals surface area contributed by atoms with Crippen LogP contribution in [0, 0.1) is 18.3 Å². The second-order valence-corrected chi connectivity index (χ2v) is 3.03. The highest BCUT2D eigenvalue weighted by Crippen LogP contribution is 2.27. The lowest BCUT2D eigenvalue weighted by Crippen LogP contribution is -2.29. The number of amides is 1. The van der Waals surface area contributed by atoms with E-state index in [-0.39, 0.29) is 18.4 Å². The van der Waals surface area contributed by atoms with Crippen molar-refractivity contribution in [3.05, 3.63) is 0 Å². The number of nitrogens with one attached hydrogen (secondary N) is 1. The zero-order valence-corrected chi connectivity index (χ0v) is 6.85. The normalized spacial score (nSPS) is 28.0. The molecular formula is C9H12FNO. The van der Waals surface area contributed by atoms with Crippen LogP contribution in [0.25, 0.3) is 0 Å². The number of hydrogen-bond acceptors (Lipinski definition) is 1. The van der Waals surface area contributed by atoms with Crippen LogP contribution in [0.4, 0.5) is 4.39 Å². The first-order valence-corrected chi connectivity index (χ1v) is 4.09. The first kappa shape index (κ1) is 9.05. The molecule has 1 rings (SSSR count). The average Bonchev–Trinajstić information content (AvgIpc) is 2.47. The fourth-order valence-electron chi connectivity index (χ4n) is 1.45. The maximum atomic E-state index is 12.6. The second-order valence-electron chi connectivity index (χ2n) is 3.03. The van der Waals surface area contributed by atoms with Gasteiger partial charge in [-0.05, 0) is 19.3 Å². The smallest absolute Gasteiger partial charge is 0.223 e. The Kier molecular flexibility index (Phi) is 3.09. The SMILES string of the molecule is C#CCNC(=O)C1CCC(F)C1. The van der Waals surface area contributed by atoms with Crippen LogP contribution in [0.15, 0.2) is 0 Å². The maximum absolute atomic E-state index is 12.6. The molecule has 0 saturated heterocycles. The van der Waals surface area contributed by atoms with E-state index in [1.54, 1.807) is 0 Å². The van der Waals surface area contributed by atoms with Gasteiger partial charge in [0, 0.05) is 5.92 Å². The van der Waals surface area contributed by atoms with Gasteiger partial charge in [0.1, 0.15) is 6.17 Å². The molecule has 0 aromatic rings. The molecule has 1 amide bonds. The number of carbonyl (C=O) groups is 1. The van der Waals surface area contributed by atoms with Crippen LogP contribution >= 0.6 is 0 Å². The molecule has 0 bridgehead atoms. The Bertz CT molecular complexity index is 209. The van der Waals surface area contributed by atoms with Crippen molar-refractivity contribution < 1.29 is 9.18 Å². The van der Waals surface area contributed by atoms with Crippen LogP contribution in [-0.2, 0) is 4.79 Å². The first-order valence-electron chi connectivity index (χ1n) is 4.09. The Balaban J connectivity index is 2.29. The molecule has 1 aliphatic carbocycles. The van der Waals surface area contributed by atoms with Gasteiger partial charge in [-0.1, -0.05) is 5.92 Å². The van der Waals surface area contributed by atoms with Crippen LogP contribution in [0.2, 0.25) is 0 Å². The molecular weight excluding hydrogens is 157 g/mol. The average molecular weight is 169 g/mol. The summed E-state index contributed by atoms with van der Waals surface area (Å²) in [5.41, 5.74) is 0. The van der Waals surface area contributed by atoms with Gasteiger partial charge in [-0.15, -0.1) is 6.42 Å². The van der Waals surface area contributed by atoms with E-state index >= 15 is 0 Å². The minimum absolute atomic E-state index is 0.104. The van der Waals surface area contributed by atoms with Crippen LogP contribution in [0.5, 0.6) is 0 Å². The molecule has 0 aromatic carbocycles. The summed E-state index contributed by atoms with van der Waals surface area (Å²) in [5.74, 6) is 2.05. The number of carbonyl (C=O) groups excluding carboxylic acids is 1. The highest BCUT2D eigenvalue weighted by Gasteiger charge is 2.29. The molecule has 1 N–H and O–H groups in total. The summed E-state index contributed by atoms with van der Waals surface area (Å²) in [6.45, 7) is 0.242. The molecule has 0 radical (unpaired) electrons. The van der Waals surface area contributed by atoms with Gasteiger partial charge in [-0.25, -0.2) is 4.39 Å². The topological polar surface area (TPSA) is 29.1 Å². The third kappa shape index (κ3) is 2.23. The largest absolute Gasteiger partial charge is 0.345 e. The quantitative estimate of drug-likeness (QED) is 0.611. The van der Waals surface area contributed by atoms with Crippen LogP contribution < -0.4 is 5.32 Å². The Morgan fingerprint density at radius 3 is 2.92 bits per heavy atom. The summed E-state index contributed by atoms with van der Waals surface area (Å²) in [6.07, 6.45) is 5.68. The molecule has 0 heterocycles. The van der Waals surface area contributed by atoms with Crippen molar-refractivity contribution in [3.63, 3.8) is 0 Å². The molecule has 2 nitrogen and oxygen atoms in total. The number of hydrogen-bond donors (Lipinski definition) is 1. The Morgan fingerprint density at radius 2 is 2.42 bits per heavy atom. The second kappa shape index (κ2) is 4.10. The van der Waals surface area contributed by atoms with E-state index in [9.17, 15) is 9.18 Å². The minimum Gasteiger partial charge on any atom is -0.345 e. The molecule has 1 aliphatic rings. The van der Waals surface area contributed by atoms with Crippen LogP contribution in [0.1, 0.15) is 19.3 Å². The van der Waals surface area contributed by atoms with Crippen LogP contribution in [-0.4, -0.2) is 18.6 Å². The summed E-state index contributed by atoms with van der Waals surface area (Å²) in [5, 5.41) is 2.55. The predicted octanol–water partition coefficient (Wildman–Crippen LogP) is 0.874. The van der Waals surface area contributed by atoms with E-state index in [1.165, 1.54) is 0 Å². The number of alkyl halides is 1. The van der Waals surface area contributed by atoms with Crippen molar-refractivity contribution >= 4 is 5.91 Å². The molecule has 3 heteroatoms. The lowest BCUT2D eigenvalue weighted by atomic mass is 10.1. The fourth-order valence-corrected chi connectivity index (χ4v) is 1.45. The van der Waals surface area contributed by atoms with Gasteiger partial charge in [-0.3, -0.25) is 4.79 Å². The monoisotopic (exact) mass is 169 g/mol. The lowest BCUT2D eigenvalue weighted by Gasteiger charge is -2.07. The first-order chi connectivity index (χ1) is 5.74. The van der Waals surface area contributed by atoms with E-state index in [0.29, 0.717) is 19.3 Å². The van der Waals surface area contributed by atoms with E-state index in [4.69, 9.17) is 6.42 Å². The van der Waals surface area contributed by atoms with Crippen LogP contribution in [0.3, 0.4) is 0 Å². The zero-order chi connectivity index (χ0) is 8.97. The summed E-state index contributed by atoms with van der Waals surface area (Å²) >= 11 is 0. The van der Waals surface area contributed by atoms with Crippen molar-refractivity contribution in [2.24, 2.45) is 5.92 Å². The number of terminal acetylenes is 1. The molecule has 66 valence electrons. The summed E-state index contributed by atoms with van der Waals surface area (Å²) in [6, 6.07) is 0. The van der Waals surface area contributed by atoms with Gasteiger partial charge in [0.2, 0.25) is 5.91 Å². The summed E-state index contributed by atoms with van der Waals surface area (Å²) < 4.78 is 12.6. The summed E-state index contributed by atoms with van der Waals surface area (Å²) in [7, 11) is 0.